The van der Waals surface area contributed by atoms with Gasteiger partial charge in [-0.05, 0) is 106 Å². The molecule has 33 heavy (non-hydrogen) atoms. The number of carbonyl (C=O) groups is 2. The SMILES string of the molecule is Cc1cc(O)c(C2(c3c(O)cc(C)c(C)c3Br)OC(=O)c3cc(C(=O)O)ccc32)c(Br)c1C. The standard InChI is InChI=1S/C25H20Br2O6/c1-10-7-17(28)19(21(26)12(10)3)25(20-18(29)8-11(2)13(4)22(20)27)16-6-5-14(23(30)31)9-15(16)24(32)33-25/h5-9,28-29H,1-4H3,(H,30,31). The molecular weight excluding hydrogens is 556 g/mol. The van der Waals surface area contributed by atoms with Crippen LogP contribution in [0.5, 0.6) is 11.5 Å². The smallest absolute Gasteiger partial charge is 0.340 e. The number of aryl methyl sites for hydroxylation is 2. The highest BCUT2D eigenvalue weighted by atomic mass is 79.9. The Morgan fingerprint density at radius 2 is 1.36 bits per heavy atom. The molecule has 0 unspecified atom stereocenters. The van der Waals surface area contributed by atoms with Crippen LogP contribution in [0.2, 0.25) is 0 Å². The largest absolute Gasteiger partial charge is 0.507 e. The number of hydrogen-bond acceptors (Lipinski definition) is 5. The second-order valence-electron chi connectivity index (χ2n) is 8.19. The molecule has 0 atom stereocenters. The maximum absolute atomic E-state index is 13.1. The number of ether oxygens (including phenoxy) is 1. The Balaban J connectivity index is 2.23. The average Bonchev–Trinajstić information content (AvgIpc) is 3.02. The van der Waals surface area contributed by atoms with Crippen LogP contribution in [0.25, 0.3) is 0 Å². The molecule has 170 valence electrons. The highest BCUT2D eigenvalue weighted by molar-refractivity contribution is 9.11. The van der Waals surface area contributed by atoms with Crippen molar-refractivity contribution < 1.29 is 29.6 Å². The zero-order chi connectivity index (χ0) is 24.4. The first-order valence-corrected chi connectivity index (χ1v) is 11.6. The van der Waals surface area contributed by atoms with E-state index in [4.69, 9.17) is 4.74 Å². The molecule has 3 N–H and O–H groups in total. The fourth-order valence-electron chi connectivity index (χ4n) is 4.29. The number of carboxylic acids is 1. The van der Waals surface area contributed by atoms with Crippen molar-refractivity contribution in [3.63, 3.8) is 0 Å². The van der Waals surface area contributed by atoms with Crippen LogP contribution in [0.1, 0.15) is 59.7 Å². The van der Waals surface area contributed by atoms with Crippen LogP contribution in [0.4, 0.5) is 0 Å². The zero-order valence-corrected chi connectivity index (χ0v) is 21.4. The Morgan fingerprint density at radius 1 is 0.879 bits per heavy atom. The van der Waals surface area contributed by atoms with Crippen LogP contribution in [0.3, 0.4) is 0 Å². The van der Waals surface area contributed by atoms with E-state index < -0.39 is 17.5 Å². The molecule has 4 rings (SSSR count). The van der Waals surface area contributed by atoms with Gasteiger partial charge in [0.05, 0.1) is 22.3 Å². The fraction of sp³-hybridized carbons (Fsp3) is 0.200. The second-order valence-corrected chi connectivity index (χ2v) is 9.78. The summed E-state index contributed by atoms with van der Waals surface area (Å²) in [6, 6.07) is 7.25. The molecule has 0 amide bonds. The number of esters is 1. The van der Waals surface area contributed by atoms with Gasteiger partial charge in [0.1, 0.15) is 11.5 Å². The van der Waals surface area contributed by atoms with Gasteiger partial charge in [-0.25, -0.2) is 9.59 Å². The van der Waals surface area contributed by atoms with Crippen LogP contribution in [-0.4, -0.2) is 27.3 Å². The first kappa shape index (κ1) is 23.3. The minimum absolute atomic E-state index is 0.0453. The summed E-state index contributed by atoms with van der Waals surface area (Å²) in [5.41, 5.74) is 2.27. The van der Waals surface area contributed by atoms with E-state index in [-0.39, 0.29) is 33.8 Å². The summed E-state index contributed by atoms with van der Waals surface area (Å²) >= 11 is 7.15. The number of halogens is 2. The molecule has 3 aromatic rings. The van der Waals surface area contributed by atoms with E-state index in [0.29, 0.717) is 14.5 Å². The summed E-state index contributed by atoms with van der Waals surface area (Å²) in [6.45, 7) is 7.40. The normalized spacial score (nSPS) is 14.2. The van der Waals surface area contributed by atoms with Crippen molar-refractivity contribution >= 4 is 43.8 Å². The Bertz CT molecular complexity index is 1310. The van der Waals surface area contributed by atoms with Crippen molar-refractivity contribution in [3.05, 3.63) is 89.3 Å². The van der Waals surface area contributed by atoms with E-state index in [1.165, 1.54) is 18.2 Å². The van der Waals surface area contributed by atoms with Gasteiger partial charge in [0, 0.05) is 14.5 Å². The topological polar surface area (TPSA) is 104 Å². The highest BCUT2D eigenvalue weighted by Crippen LogP contribution is 2.57. The van der Waals surface area contributed by atoms with Crippen molar-refractivity contribution in [2.45, 2.75) is 33.3 Å². The number of benzene rings is 3. The van der Waals surface area contributed by atoms with Crippen molar-refractivity contribution in [2.75, 3.05) is 0 Å². The number of phenols is 2. The number of aromatic hydroxyl groups is 2. The maximum atomic E-state index is 13.1. The summed E-state index contributed by atoms with van der Waals surface area (Å²) in [7, 11) is 0. The monoisotopic (exact) mass is 574 g/mol. The van der Waals surface area contributed by atoms with Crippen LogP contribution in [-0.2, 0) is 10.3 Å². The molecule has 0 bridgehead atoms. The highest BCUT2D eigenvalue weighted by Gasteiger charge is 2.54. The molecular formula is C25H20Br2O6. The molecule has 6 nitrogen and oxygen atoms in total. The zero-order valence-electron chi connectivity index (χ0n) is 18.2. The number of aromatic carboxylic acids is 1. The summed E-state index contributed by atoms with van der Waals surface area (Å²) in [5, 5.41) is 31.7. The molecule has 1 aliphatic heterocycles. The third kappa shape index (κ3) is 3.27. The van der Waals surface area contributed by atoms with Crippen LogP contribution >= 0.6 is 31.9 Å². The van der Waals surface area contributed by atoms with Gasteiger partial charge >= 0.3 is 11.9 Å². The number of phenolic OH excluding ortho intramolecular Hbond substituents is 2. The van der Waals surface area contributed by atoms with Crippen molar-refractivity contribution in [1.82, 2.24) is 0 Å². The van der Waals surface area contributed by atoms with E-state index in [0.717, 1.165) is 22.3 Å². The Labute approximate surface area is 207 Å². The van der Waals surface area contributed by atoms with E-state index in [1.54, 1.807) is 12.1 Å². The minimum Gasteiger partial charge on any atom is -0.507 e. The number of carbonyl (C=O) groups excluding carboxylic acids is 1. The number of carboxylic acid groups (broad SMARTS) is 1. The van der Waals surface area contributed by atoms with Gasteiger partial charge in [-0.2, -0.15) is 0 Å². The number of rotatable bonds is 3. The Morgan fingerprint density at radius 3 is 1.82 bits per heavy atom. The van der Waals surface area contributed by atoms with Gasteiger partial charge in [0.15, 0.2) is 5.60 Å². The molecule has 3 aromatic carbocycles. The van der Waals surface area contributed by atoms with Gasteiger partial charge in [-0.15, -0.1) is 0 Å². The van der Waals surface area contributed by atoms with Crippen molar-refractivity contribution in [3.8, 4) is 11.5 Å². The van der Waals surface area contributed by atoms with E-state index in [9.17, 15) is 24.9 Å². The molecule has 0 fully saturated rings. The number of fused-ring (bicyclic) bond motifs is 1. The van der Waals surface area contributed by atoms with Gasteiger partial charge in [0.25, 0.3) is 0 Å². The Hall–Kier alpha value is -2.84. The molecule has 0 spiro atoms. The van der Waals surface area contributed by atoms with E-state index in [2.05, 4.69) is 31.9 Å². The van der Waals surface area contributed by atoms with Gasteiger partial charge in [-0.1, -0.05) is 6.07 Å². The molecule has 0 saturated carbocycles. The van der Waals surface area contributed by atoms with Crippen molar-refractivity contribution in [1.29, 1.82) is 0 Å². The first-order valence-electron chi connectivity index (χ1n) is 10.0. The first-order chi connectivity index (χ1) is 15.4. The average molecular weight is 576 g/mol. The molecule has 0 aromatic heterocycles. The summed E-state index contributed by atoms with van der Waals surface area (Å²) in [6.07, 6.45) is 0. The molecule has 1 heterocycles. The fourth-order valence-corrected chi connectivity index (χ4v) is 5.88. The number of cyclic esters (lactones) is 1. The van der Waals surface area contributed by atoms with Crippen LogP contribution in [0, 0.1) is 27.7 Å². The second kappa shape index (κ2) is 7.88. The molecule has 0 aliphatic carbocycles. The molecule has 0 radical (unpaired) electrons. The third-order valence-electron chi connectivity index (χ3n) is 6.31. The summed E-state index contributed by atoms with van der Waals surface area (Å²) < 4.78 is 7.04. The maximum Gasteiger partial charge on any atom is 0.340 e. The lowest BCUT2D eigenvalue weighted by Gasteiger charge is -2.34. The summed E-state index contributed by atoms with van der Waals surface area (Å²) in [5.74, 6) is -2.23. The third-order valence-corrected chi connectivity index (χ3v) is 8.30. The van der Waals surface area contributed by atoms with E-state index >= 15 is 0 Å². The number of hydrogen-bond donors (Lipinski definition) is 3. The van der Waals surface area contributed by atoms with Gasteiger partial charge in [-0.3, -0.25) is 0 Å². The minimum atomic E-state index is -1.74. The summed E-state index contributed by atoms with van der Waals surface area (Å²) in [4.78, 5) is 24.7. The molecule has 0 saturated heterocycles. The van der Waals surface area contributed by atoms with Gasteiger partial charge in [0.2, 0.25) is 0 Å². The lowest BCUT2D eigenvalue weighted by atomic mass is 9.77. The lowest BCUT2D eigenvalue weighted by Crippen LogP contribution is -2.31. The van der Waals surface area contributed by atoms with Crippen LogP contribution < -0.4 is 0 Å². The van der Waals surface area contributed by atoms with Crippen molar-refractivity contribution in [2.24, 2.45) is 0 Å². The predicted molar refractivity (Wildman–Crippen MR) is 129 cm³/mol. The van der Waals surface area contributed by atoms with E-state index in [1.807, 2.05) is 27.7 Å². The predicted octanol–water partition coefficient (Wildman–Crippen LogP) is 6.02. The van der Waals surface area contributed by atoms with Crippen LogP contribution in [0.15, 0.2) is 39.3 Å². The molecule has 1 aliphatic rings. The van der Waals surface area contributed by atoms with Gasteiger partial charge < -0.3 is 20.1 Å². The lowest BCUT2D eigenvalue weighted by molar-refractivity contribution is 0.0235. The molecule has 8 heteroatoms. The Kier molecular flexibility index (Phi) is 5.57. The quantitative estimate of drug-likeness (QED) is 0.330.